The normalized spacial score (nSPS) is 23.2. The second-order valence-electron chi connectivity index (χ2n) is 7.44. The average Bonchev–Trinajstić information content (AvgIpc) is 3.06. The van der Waals surface area contributed by atoms with Crippen LogP contribution in [0, 0.1) is 0 Å². The fourth-order valence-electron chi connectivity index (χ4n) is 3.55. The van der Waals surface area contributed by atoms with Gasteiger partial charge in [-0.3, -0.25) is 14.4 Å². The van der Waals surface area contributed by atoms with Crippen molar-refractivity contribution in [3.63, 3.8) is 0 Å². The van der Waals surface area contributed by atoms with Crippen LogP contribution in [0.3, 0.4) is 0 Å². The zero-order valence-electron chi connectivity index (χ0n) is 15.6. The van der Waals surface area contributed by atoms with Crippen molar-refractivity contribution in [2.75, 3.05) is 25.0 Å². The van der Waals surface area contributed by atoms with E-state index in [1.165, 1.54) is 4.68 Å². The second kappa shape index (κ2) is 7.47. The van der Waals surface area contributed by atoms with Gasteiger partial charge in [0.25, 0.3) is 5.56 Å². The zero-order valence-corrected chi connectivity index (χ0v) is 15.6. The van der Waals surface area contributed by atoms with E-state index in [1.54, 1.807) is 17.2 Å². The number of anilines is 1. The zero-order chi connectivity index (χ0) is 18.8. The molecule has 1 aromatic rings. The molecular formula is C18H27N5O3. The average molecular weight is 361 g/mol. The number of nitrogens with zero attached hydrogens (tertiary/aromatic N) is 4. The van der Waals surface area contributed by atoms with Crippen LogP contribution in [0.1, 0.15) is 45.6 Å². The number of hydrogen-bond donors (Lipinski definition) is 1. The summed E-state index contributed by atoms with van der Waals surface area (Å²) in [4.78, 5) is 40.3. The molecule has 1 aromatic heterocycles. The lowest BCUT2D eigenvalue weighted by Crippen LogP contribution is -2.49. The van der Waals surface area contributed by atoms with Crippen LogP contribution in [-0.2, 0) is 9.59 Å². The Morgan fingerprint density at radius 1 is 1.35 bits per heavy atom. The first-order valence-corrected chi connectivity index (χ1v) is 9.26. The van der Waals surface area contributed by atoms with E-state index in [9.17, 15) is 14.4 Å². The number of piperidine rings is 1. The van der Waals surface area contributed by atoms with Gasteiger partial charge in [-0.2, -0.15) is 5.10 Å². The Balaban J connectivity index is 1.72. The van der Waals surface area contributed by atoms with Crippen LogP contribution in [0.25, 0.3) is 0 Å². The molecule has 0 radical (unpaired) electrons. The fraction of sp³-hybridized carbons (Fsp3) is 0.667. The molecule has 2 aliphatic heterocycles. The van der Waals surface area contributed by atoms with Crippen molar-refractivity contribution in [1.82, 2.24) is 20.0 Å². The molecule has 1 N–H and O–H groups in total. The molecule has 2 saturated heterocycles. The van der Waals surface area contributed by atoms with Gasteiger partial charge in [-0.15, -0.1) is 0 Å². The van der Waals surface area contributed by atoms with Gasteiger partial charge >= 0.3 is 0 Å². The van der Waals surface area contributed by atoms with Crippen LogP contribution in [0.15, 0.2) is 17.1 Å². The van der Waals surface area contributed by atoms with Crippen LogP contribution in [0.4, 0.5) is 5.69 Å². The summed E-state index contributed by atoms with van der Waals surface area (Å²) < 4.78 is 1.49. The standard InChI is InChI=1S/C18H27N5O3/c1-12(2)21(3)14-9-17(25)23(19-10-14)13-5-4-8-22(11-13)18(26)15-6-7-16(24)20-15/h9-10,12-13,15H,4-8,11H2,1-3H3,(H,20,24)/t13?,15-/m1/s1. The van der Waals surface area contributed by atoms with Crippen LogP contribution < -0.4 is 15.8 Å². The highest BCUT2D eigenvalue weighted by Gasteiger charge is 2.34. The van der Waals surface area contributed by atoms with Gasteiger partial charge in [-0.25, -0.2) is 4.68 Å². The molecule has 3 rings (SSSR count). The summed E-state index contributed by atoms with van der Waals surface area (Å²) in [6.45, 7) is 5.22. The summed E-state index contributed by atoms with van der Waals surface area (Å²) in [6, 6.07) is 1.32. The maximum Gasteiger partial charge on any atom is 0.269 e. The van der Waals surface area contributed by atoms with Gasteiger partial charge in [0.15, 0.2) is 0 Å². The van der Waals surface area contributed by atoms with Crippen molar-refractivity contribution in [2.24, 2.45) is 0 Å². The Morgan fingerprint density at radius 3 is 2.73 bits per heavy atom. The van der Waals surface area contributed by atoms with E-state index in [-0.39, 0.29) is 29.5 Å². The van der Waals surface area contributed by atoms with Crippen LogP contribution in [-0.4, -0.2) is 58.7 Å². The molecule has 0 aliphatic carbocycles. The van der Waals surface area contributed by atoms with Crippen molar-refractivity contribution in [3.8, 4) is 0 Å². The van der Waals surface area contributed by atoms with E-state index in [4.69, 9.17) is 0 Å². The lowest BCUT2D eigenvalue weighted by molar-refractivity contribution is -0.136. The summed E-state index contributed by atoms with van der Waals surface area (Å²) in [5.74, 6) is -0.121. The molecular weight excluding hydrogens is 334 g/mol. The van der Waals surface area contributed by atoms with E-state index >= 15 is 0 Å². The summed E-state index contributed by atoms with van der Waals surface area (Å²) in [5.41, 5.74) is 0.641. The SMILES string of the molecule is CC(C)N(C)c1cnn(C2CCCN(C(=O)[C@H]3CCC(=O)N3)C2)c(=O)c1. The number of likely N-dealkylation sites (tertiary alicyclic amines) is 1. The lowest BCUT2D eigenvalue weighted by atomic mass is 10.0. The minimum atomic E-state index is -0.423. The van der Waals surface area contributed by atoms with Crippen molar-refractivity contribution < 1.29 is 9.59 Å². The molecule has 0 spiro atoms. The molecule has 142 valence electrons. The van der Waals surface area contributed by atoms with E-state index in [2.05, 4.69) is 24.3 Å². The Hall–Kier alpha value is -2.38. The number of nitrogens with one attached hydrogen (secondary N) is 1. The molecule has 0 saturated carbocycles. The van der Waals surface area contributed by atoms with E-state index in [0.29, 0.717) is 25.9 Å². The van der Waals surface area contributed by atoms with Crippen LogP contribution >= 0.6 is 0 Å². The number of carbonyl (C=O) groups is 2. The number of carbonyl (C=O) groups excluding carboxylic acids is 2. The smallest absolute Gasteiger partial charge is 0.269 e. The second-order valence-corrected chi connectivity index (χ2v) is 7.44. The summed E-state index contributed by atoms with van der Waals surface area (Å²) in [6.07, 6.45) is 4.29. The predicted molar refractivity (Wildman–Crippen MR) is 98.1 cm³/mol. The summed E-state index contributed by atoms with van der Waals surface area (Å²) in [5, 5.41) is 7.09. The Morgan fingerprint density at radius 2 is 2.12 bits per heavy atom. The number of amides is 2. The molecule has 3 heterocycles. The maximum atomic E-state index is 12.6. The molecule has 2 fully saturated rings. The molecule has 2 amide bonds. The Bertz CT molecular complexity index is 745. The Kier molecular flexibility index (Phi) is 5.29. The van der Waals surface area contributed by atoms with Gasteiger partial charge in [-0.1, -0.05) is 0 Å². The third kappa shape index (κ3) is 3.73. The quantitative estimate of drug-likeness (QED) is 0.845. The van der Waals surface area contributed by atoms with Crippen LogP contribution in [0.5, 0.6) is 0 Å². The maximum absolute atomic E-state index is 12.6. The lowest BCUT2D eigenvalue weighted by Gasteiger charge is -2.34. The first-order chi connectivity index (χ1) is 12.4. The van der Waals surface area contributed by atoms with Crippen molar-refractivity contribution >= 4 is 17.5 Å². The van der Waals surface area contributed by atoms with E-state index < -0.39 is 6.04 Å². The monoisotopic (exact) mass is 361 g/mol. The minimum absolute atomic E-state index is 0.0511. The number of aromatic nitrogens is 2. The molecule has 2 atom stereocenters. The van der Waals surface area contributed by atoms with Crippen LogP contribution in [0.2, 0.25) is 0 Å². The molecule has 2 aliphatic rings. The topological polar surface area (TPSA) is 87.5 Å². The highest BCUT2D eigenvalue weighted by atomic mass is 16.2. The minimum Gasteiger partial charge on any atom is -0.371 e. The van der Waals surface area contributed by atoms with E-state index in [0.717, 1.165) is 18.5 Å². The summed E-state index contributed by atoms with van der Waals surface area (Å²) in [7, 11) is 1.93. The fourth-order valence-corrected chi connectivity index (χ4v) is 3.55. The van der Waals surface area contributed by atoms with Gasteiger partial charge in [0, 0.05) is 38.7 Å². The highest BCUT2D eigenvalue weighted by molar-refractivity contribution is 5.90. The van der Waals surface area contributed by atoms with Crippen molar-refractivity contribution in [3.05, 3.63) is 22.6 Å². The first-order valence-electron chi connectivity index (χ1n) is 9.26. The van der Waals surface area contributed by atoms with Gasteiger partial charge in [-0.05, 0) is 33.1 Å². The third-order valence-corrected chi connectivity index (χ3v) is 5.34. The Labute approximate surface area is 153 Å². The van der Waals surface area contributed by atoms with Crippen molar-refractivity contribution in [2.45, 2.75) is 57.7 Å². The molecule has 0 bridgehead atoms. The van der Waals surface area contributed by atoms with Gasteiger partial charge in [0.1, 0.15) is 6.04 Å². The molecule has 1 unspecified atom stereocenters. The largest absolute Gasteiger partial charge is 0.371 e. The van der Waals surface area contributed by atoms with Gasteiger partial charge in [0.05, 0.1) is 17.9 Å². The molecule has 8 heteroatoms. The van der Waals surface area contributed by atoms with Gasteiger partial charge < -0.3 is 15.1 Å². The highest BCUT2D eigenvalue weighted by Crippen LogP contribution is 2.22. The molecule has 26 heavy (non-hydrogen) atoms. The summed E-state index contributed by atoms with van der Waals surface area (Å²) >= 11 is 0. The van der Waals surface area contributed by atoms with Crippen molar-refractivity contribution in [1.29, 1.82) is 0 Å². The molecule has 0 aromatic carbocycles. The first kappa shape index (κ1) is 18.4. The molecule has 8 nitrogen and oxygen atoms in total. The number of rotatable bonds is 4. The van der Waals surface area contributed by atoms with Gasteiger partial charge in [0.2, 0.25) is 11.8 Å². The third-order valence-electron chi connectivity index (χ3n) is 5.34. The van der Waals surface area contributed by atoms with E-state index in [1.807, 2.05) is 11.9 Å². The number of hydrogen-bond acceptors (Lipinski definition) is 5. The predicted octanol–water partition coefficient (Wildman–Crippen LogP) is 0.530.